The number of rotatable bonds is 4. The third kappa shape index (κ3) is 4.16. The molecule has 1 unspecified atom stereocenters. The average molecular weight is 350 g/mol. The largest absolute Gasteiger partial charge is 0.345 e. The van der Waals surface area contributed by atoms with Crippen LogP contribution in [-0.4, -0.2) is 50.9 Å². The van der Waals surface area contributed by atoms with E-state index in [-0.39, 0.29) is 35.3 Å². The van der Waals surface area contributed by atoms with Crippen LogP contribution in [0.4, 0.5) is 0 Å². The Hall–Kier alpha value is -1.40. The molecule has 0 aliphatic carbocycles. The van der Waals surface area contributed by atoms with E-state index in [9.17, 15) is 13.2 Å². The molecule has 0 aromatic heterocycles. The van der Waals surface area contributed by atoms with Gasteiger partial charge in [0.2, 0.25) is 5.91 Å². The van der Waals surface area contributed by atoms with E-state index in [4.69, 9.17) is 0 Å². The highest BCUT2D eigenvalue weighted by molar-refractivity contribution is 7.91. The van der Waals surface area contributed by atoms with Gasteiger partial charge in [0.1, 0.15) is 0 Å². The van der Waals surface area contributed by atoms with Crippen LogP contribution >= 0.6 is 0 Å². The van der Waals surface area contributed by atoms with Crippen molar-refractivity contribution in [1.82, 2.24) is 10.2 Å². The van der Waals surface area contributed by atoms with Gasteiger partial charge in [-0.1, -0.05) is 30.3 Å². The summed E-state index contributed by atoms with van der Waals surface area (Å²) in [4.78, 5) is 14.5. The van der Waals surface area contributed by atoms with Crippen LogP contribution < -0.4 is 5.32 Å². The maximum Gasteiger partial charge on any atom is 0.225 e. The smallest absolute Gasteiger partial charge is 0.225 e. The molecule has 1 amide bonds. The van der Waals surface area contributed by atoms with Crippen molar-refractivity contribution in [2.75, 3.05) is 31.6 Å². The van der Waals surface area contributed by atoms with Gasteiger partial charge in [0.15, 0.2) is 9.84 Å². The molecule has 3 atom stereocenters. The van der Waals surface area contributed by atoms with Crippen LogP contribution in [-0.2, 0) is 14.6 Å². The summed E-state index contributed by atoms with van der Waals surface area (Å²) in [5.41, 5.74) is 1.22. The van der Waals surface area contributed by atoms with Crippen LogP contribution in [0.2, 0.25) is 0 Å². The predicted octanol–water partition coefficient (Wildman–Crippen LogP) is 1.62. The van der Waals surface area contributed by atoms with Crippen molar-refractivity contribution in [3.8, 4) is 0 Å². The van der Waals surface area contributed by atoms with Crippen molar-refractivity contribution >= 4 is 15.7 Å². The molecule has 0 bridgehead atoms. The molecule has 2 heterocycles. The van der Waals surface area contributed by atoms with Gasteiger partial charge in [-0.25, -0.2) is 8.42 Å². The number of amides is 1. The van der Waals surface area contributed by atoms with Gasteiger partial charge in [0, 0.05) is 25.6 Å². The molecule has 3 rings (SSSR count). The summed E-state index contributed by atoms with van der Waals surface area (Å²) in [6, 6.07) is 10.5. The molecule has 2 saturated heterocycles. The van der Waals surface area contributed by atoms with Crippen LogP contribution in [0, 0.1) is 11.8 Å². The van der Waals surface area contributed by atoms with Gasteiger partial charge in [-0.2, -0.15) is 0 Å². The summed E-state index contributed by atoms with van der Waals surface area (Å²) in [6.07, 6.45) is 2.32. The lowest BCUT2D eigenvalue weighted by Gasteiger charge is -2.33. The zero-order chi connectivity index (χ0) is 17.2. The van der Waals surface area contributed by atoms with Crippen molar-refractivity contribution in [3.05, 3.63) is 35.9 Å². The molecule has 1 aromatic carbocycles. The van der Waals surface area contributed by atoms with Crippen LogP contribution in [0.25, 0.3) is 0 Å². The Morgan fingerprint density at radius 1 is 1.25 bits per heavy atom. The van der Waals surface area contributed by atoms with E-state index in [2.05, 4.69) is 17.4 Å². The molecule has 2 aliphatic heterocycles. The second kappa shape index (κ2) is 7.23. The highest BCUT2D eigenvalue weighted by atomic mass is 32.2. The number of hydrogen-bond acceptors (Lipinski definition) is 4. The summed E-state index contributed by atoms with van der Waals surface area (Å²) in [5, 5.41) is 3.49. The number of piperidine rings is 1. The maximum atomic E-state index is 12.8. The van der Waals surface area contributed by atoms with E-state index in [0.717, 1.165) is 19.4 Å². The van der Waals surface area contributed by atoms with E-state index in [1.807, 2.05) is 25.2 Å². The molecular formula is C18H26N2O3S. The van der Waals surface area contributed by atoms with Crippen LogP contribution in [0.3, 0.4) is 0 Å². The SMILES string of the molecule is CN(CC1CCS(=O)(=O)C1)C(=O)[C@@H]1CCN[C@H](c2ccccc2)C1. The Bertz CT molecular complexity index is 675. The predicted molar refractivity (Wildman–Crippen MR) is 94.3 cm³/mol. The zero-order valence-electron chi connectivity index (χ0n) is 14.1. The van der Waals surface area contributed by atoms with Crippen LogP contribution in [0.5, 0.6) is 0 Å². The van der Waals surface area contributed by atoms with Crippen molar-refractivity contribution in [2.45, 2.75) is 25.3 Å². The Morgan fingerprint density at radius 3 is 2.67 bits per heavy atom. The van der Waals surface area contributed by atoms with Crippen molar-refractivity contribution in [3.63, 3.8) is 0 Å². The van der Waals surface area contributed by atoms with Crippen molar-refractivity contribution in [2.24, 2.45) is 11.8 Å². The first-order valence-electron chi connectivity index (χ1n) is 8.68. The lowest BCUT2D eigenvalue weighted by Crippen LogP contribution is -2.42. The second-order valence-electron chi connectivity index (χ2n) is 7.13. The third-order valence-corrected chi connectivity index (χ3v) is 7.03. The van der Waals surface area contributed by atoms with Crippen molar-refractivity contribution < 1.29 is 13.2 Å². The molecule has 24 heavy (non-hydrogen) atoms. The number of benzene rings is 1. The number of nitrogens with zero attached hydrogens (tertiary/aromatic N) is 1. The van der Waals surface area contributed by atoms with Crippen LogP contribution in [0.1, 0.15) is 30.9 Å². The summed E-state index contributed by atoms with van der Waals surface area (Å²) in [7, 11) is -1.07. The Morgan fingerprint density at radius 2 is 2.00 bits per heavy atom. The highest BCUT2D eigenvalue weighted by Gasteiger charge is 2.33. The number of sulfone groups is 1. The first-order valence-corrected chi connectivity index (χ1v) is 10.5. The molecule has 6 heteroatoms. The van der Waals surface area contributed by atoms with E-state index >= 15 is 0 Å². The quantitative estimate of drug-likeness (QED) is 0.896. The molecule has 0 spiro atoms. The number of hydrogen-bond donors (Lipinski definition) is 1. The minimum absolute atomic E-state index is 0.0134. The minimum atomic E-state index is -2.88. The van der Waals surface area contributed by atoms with E-state index in [1.165, 1.54) is 5.56 Å². The monoisotopic (exact) mass is 350 g/mol. The Balaban J connectivity index is 1.58. The molecule has 5 nitrogen and oxygen atoms in total. The minimum Gasteiger partial charge on any atom is -0.345 e. The van der Waals surface area contributed by atoms with Gasteiger partial charge in [-0.3, -0.25) is 4.79 Å². The lowest BCUT2D eigenvalue weighted by atomic mass is 9.87. The zero-order valence-corrected chi connectivity index (χ0v) is 15.0. The molecule has 1 N–H and O–H groups in total. The van der Waals surface area contributed by atoms with E-state index < -0.39 is 9.84 Å². The topological polar surface area (TPSA) is 66.5 Å². The fourth-order valence-electron chi connectivity index (χ4n) is 3.89. The van der Waals surface area contributed by atoms with Crippen LogP contribution in [0.15, 0.2) is 30.3 Å². The maximum absolute atomic E-state index is 12.8. The van der Waals surface area contributed by atoms with E-state index in [1.54, 1.807) is 4.90 Å². The lowest BCUT2D eigenvalue weighted by molar-refractivity contribution is -0.135. The normalized spacial score (nSPS) is 29.3. The summed E-state index contributed by atoms with van der Waals surface area (Å²) in [6.45, 7) is 1.39. The summed E-state index contributed by atoms with van der Waals surface area (Å²) < 4.78 is 23.2. The Labute approximate surface area is 144 Å². The first-order chi connectivity index (χ1) is 11.4. The van der Waals surface area contributed by atoms with Gasteiger partial charge in [-0.05, 0) is 37.3 Å². The fraction of sp³-hybridized carbons (Fsp3) is 0.611. The third-order valence-electron chi connectivity index (χ3n) is 5.19. The summed E-state index contributed by atoms with van der Waals surface area (Å²) in [5.74, 6) is 0.754. The number of carbonyl (C=O) groups excluding carboxylic acids is 1. The second-order valence-corrected chi connectivity index (χ2v) is 9.36. The first kappa shape index (κ1) is 17.4. The highest BCUT2D eigenvalue weighted by Crippen LogP contribution is 2.29. The standard InChI is InChI=1S/C18H26N2O3S/c1-20(12-14-8-10-24(22,23)13-14)18(21)16-7-9-19-17(11-16)15-5-3-2-4-6-15/h2-6,14,16-17,19H,7-13H2,1H3/t14?,16-,17+/m1/s1. The summed E-state index contributed by atoms with van der Waals surface area (Å²) >= 11 is 0. The fourth-order valence-corrected chi connectivity index (χ4v) is 5.74. The number of nitrogens with one attached hydrogen (secondary N) is 1. The Kier molecular flexibility index (Phi) is 5.25. The van der Waals surface area contributed by atoms with Gasteiger partial charge in [0.25, 0.3) is 0 Å². The van der Waals surface area contributed by atoms with Gasteiger partial charge < -0.3 is 10.2 Å². The van der Waals surface area contributed by atoms with Crippen molar-refractivity contribution in [1.29, 1.82) is 0 Å². The molecule has 1 aromatic rings. The van der Waals surface area contributed by atoms with Gasteiger partial charge in [-0.15, -0.1) is 0 Å². The molecule has 2 aliphatic rings. The van der Waals surface area contributed by atoms with Gasteiger partial charge in [0.05, 0.1) is 11.5 Å². The molecule has 132 valence electrons. The molecule has 0 radical (unpaired) electrons. The average Bonchev–Trinajstić information content (AvgIpc) is 2.93. The van der Waals surface area contributed by atoms with Gasteiger partial charge >= 0.3 is 0 Å². The van der Waals surface area contributed by atoms with E-state index in [0.29, 0.717) is 13.0 Å². The molecular weight excluding hydrogens is 324 g/mol. The molecule has 0 saturated carbocycles. The molecule has 2 fully saturated rings. The number of carbonyl (C=O) groups is 1.